The standard InChI is InChI=1S/C21H22FN5O5S2/c1-2-27(11-12-28)34(30,31)17-8-6-15(7-9-17)19(20(29)25-21-24-13-18(22)33-21)26-32-14-16-5-3-4-10-23-16/h3-10,13,28H,2,11-12,14H2,1H3,(H,24,25,29). The van der Waals surface area contributed by atoms with Gasteiger partial charge in [-0.15, -0.1) is 0 Å². The molecular formula is C21H22FN5O5S2. The first-order valence-corrected chi connectivity index (χ1v) is 12.3. The number of oxime groups is 1. The molecule has 2 aromatic heterocycles. The van der Waals surface area contributed by atoms with Crippen LogP contribution in [0.5, 0.6) is 0 Å². The molecule has 0 unspecified atom stereocenters. The van der Waals surface area contributed by atoms with Crippen LogP contribution in [-0.2, 0) is 26.3 Å². The molecule has 2 N–H and O–H groups in total. The number of anilines is 1. The lowest BCUT2D eigenvalue weighted by molar-refractivity contribution is -0.110. The number of aromatic nitrogens is 2. The number of nitrogens with one attached hydrogen (secondary N) is 1. The Labute approximate surface area is 199 Å². The number of carbonyl (C=O) groups is 1. The van der Waals surface area contributed by atoms with Gasteiger partial charge in [0, 0.05) is 24.8 Å². The van der Waals surface area contributed by atoms with Crippen LogP contribution >= 0.6 is 11.3 Å². The van der Waals surface area contributed by atoms with Crippen molar-refractivity contribution in [3.05, 3.63) is 71.2 Å². The van der Waals surface area contributed by atoms with Crippen LogP contribution in [0.2, 0.25) is 0 Å². The van der Waals surface area contributed by atoms with Gasteiger partial charge >= 0.3 is 0 Å². The molecule has 180 valence electrons. The minimum Gasteiger partial charge on any atom is -0.395 e. The molecule has 34 heavy (non-hydrogen) atoms. The van der Waals surface area contributed by atoms with Gasteiger partial charge in [-0.2, -0.15) is 8.70 Å². The van der Waals surface area contributed by atoms with E-state index in [0.717, 1.165) is 10.5 Å². The average molecular weight is 508 g/mol. The molecular weight excluding hydrogens is 485 g/mol. The Bertz CT molecular complexity index is 1230. The second kappa shape index (κ2) is 11.7. The monoisotopic (exact) mass is 507 g/mol. The minimum atomic E-state index is -3.83. The van der Waals surface area contributed by atoms with Crippen LogP contribution in [-0.4, -0.2) is 59.1 Å². The highest BCUT2D eigenvalue weighted by molar-refractivity contribution is 7.89. The third kappa shape index (κ3) is 6.41. The zero-order valence-electron chi connectivity index (χ0n) is 18.1. The lowest BCUT2D eigenvalue weighted by Gasteiger charge is -2.19. The molecule has 10 nitrogen and oxygen atoms in total. The average Bonchev–Trinajstić information content (AvgIpc) is 3.25. The van der Waals surface area contributed by atoms with Crippen molar-refractivity contribution in [3.63, 3.8) is 0 Å². The largest absolute Gasteiger partial charge is 0.395 e. The zero-order chi connectivity index (χ0) is 24.6. The smallest absolute Gasteiger partial charge is 0.280 e. The van der Waals surface area contributed by atoms with Crippen molar-refractivity contribution in [2.24, 2.45) is 5.16 Å². The van der Waals surface area contributed by atoms with E-state index in [0.29, 0.717) is 17.0 Å². The fourth-order valence-electron chi connectivity index (χ4n) is 2.83. The van der Waals surface area contributed by atoms with Gasteiger partial charge in [0.25, 0.3) is 5.91 Å². The molecule has 0 saturated heterocycles. The first kappa shape index (κ1) is 25.4. The number of hydrogen-bond donors (Lipinski definition) is 2. The molecule has 0 saturated carbocycles. The molecule has 0 spiro atoms. The second-order valence-corrected chi connectivity index (χ2v) is 9.62. The lowest BCUT2D eigenvalue weighted by atomic mass is 10.1. The number of aliphatic hydroxyl groups excluding tert-OH is 1. The summed E-state index contributed by atoms with van der Waals surface area (Å²) in [4.78, 5) is 26.0. The summed E-state index contributed by atoms with van der Waals surface area (Å²) in [6.45, 7) is 1.49. The van der Waals surface area contributed by atoms with Gasteiger partial charge in [0.1, 0.15) is 0 Å². The van der Waals surface area contributed by atoms with E-state index in [-0.39, 0.29) is 47.6 Å². The lowest BCUT2D eigenvalue weighted by Crippen LogP contribution is -2.33. The normalized spacial score (nSPS) is 12.1. The molecule has 0 aliphatic carbocycles. The van der Waals surface area contributed by atoms with Crippen molar-refractivity contribution in [1.29, 1.82) is 0 Å². The van der Waals surface area contributed by atoms with Gasteiger partial charge in [0.15, 0.2) is 22.6 Å². The number of rotatable bonds is 11. The topological polar surface area (TPSA) is 134 Å². The SMILES string of the molecule is CCN(CCO)S(=O)(=O)c1ccc(C(=NOCc2ccccn2)C(=O)Nc2ncc(F)s2)cc1. The number of sulfonamides is 1. The molecule has 13 heteroatoms. The molecule has 1 amide bonds. The van der Waals surface area contributed by atoms with Crippen LogP contribution < -0.4 is 5.32 Å². The number of likely N-dealkylation sites (N-methyl/N-ethyl adjacent to an activating group) is 1. The van der Waals surface area contributed by atoms with Gasteiger partial charge in [0.05, 0.1) is 23.4 Å². The summed E-state index contributed by atoms with van der Waals surface area (Å²) in [6.07, 6.45) is 2.56. The predicted octanol–water partition coefficient (Wildman–Crippen LogP) is 2.24. The predicted molar refractivity (Wildman–Crippen MR) is 124 cm³/mol. The van der Waals surface area contributed by atoms with Crippen molar-refractivity contribution in [2.75, 3.05) is 25.0 Å². The number of amides is 1. The maximum absolute atomic E-state index is 13.3. The number of halogens is 1. The number of nitrogens with zero attached hydrogens (tertiary/aromatic N) is 4. The van der Waals surface area contributed by atoms with Gasteiger partial charge in [-0.3, -0.25) is 15.1 Å². The Morgan fingerprint density at radius 1 is 1.24 bits per heavy atom. The highest BCUT2D eigenvalue weighted by atomic mass is 32.2. The molecule has 0 atom stereocenters. The Balaban J connectivity index is 1.87. The van der Waals surface area contributed by atoms with Gasteiger partial charge in [-0.25, -0.2) is 13.4 Å². The van der Waals surface area contributed by atoms with E-state index in [2.05, 4.69) is 20.4 Å². The van der Waals surface area contributed by atoms with Crippen molar-refractivity contribution in [1.82, 2.24) is 14.3 Å². The van der Waals surface area contributed by atoms with E-state index >= 15 is 0 Å². The maximum atomic E-state index is 13.3. The molecule has 0 aliphatic rings. The first-order chi connectivity index (χ1) is 16.3. The Kier molecular flexibility index (Phi) is 8.76. The van der Waals surface area contributed by atoms with Gasteiger partial charge in [-0.1, -0.05) is 41.6 Å². The third-order valence-electron chi connectivity index (χ3n) is 4.48. The first-order valence-electron chi connectivity index (χ1n) is 10.1. The summed E-state index contributed by atoms with van der Waals surface area (Å²) in [5.41, 5.74) is 0.677. The molecule has 0 aliphatic heterocycles. The highest BCUT2D eigenvalue weighted by Gasteiger charge is 2.24. The Morgan fingerprint density at radius 3 is 2.59 bits per heavy atom. The molecule has 1 aromatic carbocycles. The summed E-state index contributed by atoms with van der Waals surface area (Å²) < 4.78 is 39.9. The van der Waals surface area contributed by atoms with Gasteiger partial charge in [0.2, 0.25) is 10.0 Å². The minimum absolute atomic E-state index is 0.0113. The number of aliphatic hydroxyl groups is 1. The fourth-order valence-corrected chi connectivity index (χ4v) is 4.81. The van der Waals surface area contributed by atoms with E-state index in [4.69, 9.17) is 9.94 Å². The molecule has 3 aromatic rings. The van der Waals surface area contributed by atoms with Gasteiger partial charge < -0.3 is 9.94 Å². The van der Waals surface area contributed by atoms with Crippen molar-refractivity contribution < 1.29 is 27.5 Å². The fraction of sp³-hybridized carbons (Fsp3) is 0.238. The molecule has 2 heterocycles. The molecule has 3 rings (SSSR count). The summed E-state index contributed by atoms with van der Waals surface area (Å²) in [6, 6.07) is 10.7. The molecule has 0 bridgehead atoms. The van der Waals surface area contributed by atoms with Crippen molar-refractivity contribution in [2.45, 2.75) is 18.4 Å². The number of hydrogen-bond acceptors (Lipinski definition) is 9. The highest BCUT2D eigenvalue weighted by Crippen LogP contribution is 2.19. The van der Waals surface area contributed by atoms with Crippen molar-refractivity contribution >= 4 is 38.1 Å². The number of thiazole rings is 1. The second-order valence-electron chi connectivity index (χ2n) is 6.70. The maximum Gasteiger partial charge on any atom is 0.280 e. The van der Waals surface area contributed by atoms with E-state index in [1.54, 1.807) is 31.3 Å². The van der Waals surface area contributed by atoms with E-state index in [9.17, 15) is 17.6 Å². The van der Waals surface area contributed by atoms with Crippen LogP contribution in [0.15, 0.2) is 64.9 Å². The quantitative estimate of drug-likeness (QED) is 0.300. The Morgan fingerprint density at radius 2 is 2.00 bits per heavy atom. The molecule has 0 radical (unpaired) electrons. The van der Waals surface area contributed by atoms with Gasteiger partial charge in [-0.05, 0) is 24.3 Å². The summed E-state index contributed by atoms with van der Waals surface area (Å²) >= 11 is 0.645. The third-order valence-corrected chi connectivity index (χ3v) is 7.16. The Hall–Kier alpha value is -3.26. The zero-order valence-corrected chi connectivity index (χ0v) is 19.7. The van der Waals surface area contributed by atoms with Crippen LogP contribution in [0.1, 0.15) is 18.2 Å². The van der Waals surface area contributed by atoms with Crippen LogP contribution in [0, 0.1) is 5.13 Å². The number of benzene rings is 1. The molecule has 0 fully saturated rings. The number of pyridine rings is 1. The number of carbonyl (C=O) groups excluding carboxylic acids is 1. The van der Waals surface area contributed by atoms with Crippen LogP contribution in [0.4, 0.5) is 9.52 Å². The van der Waals surface area contributed by atoms with E-state index in [1.165, 1.54) is 24.3 Å². The van der Waals surface area contributed by atoms with Crippen LogP contribution in [0.25, 0.3) is 0 Å². The summed E-state index contributed by atoms with van der Waals surface area (Å²) in [7, 11) is -3.83. The van der Waals surface area contributed by atoms with Crippen molar-refractivity contribution in [3.8, 4) is 0 Å². The van der Waals surface area contributed by atoms with Crippen LogP contribution in [0.3, 0.4) is 0 Å². The summed E-state index contributed by atoms with van der Waals surface area (Å²) in [5.74, 6) is -0.721. The summed E-state index contributed by atoms with van der Waals surface area (Å²) in [5, 5.41) is 15.0. The van der Waals surface area contributed by atoms with E-state index in [1.807, 2.05) is 0 Å². The van der Waals surface area contributed by atoms with E-state index < -0.39 is 21.1 Å².